The number of rotatable bonds is 5. The van der Waals surface area contributed by atoms with Gasteiger partial charge in [-0.1, -0.05) is 23.8 Å². The van der Waals surface area contributed by atoms with Gasteiger partial charge >= 0.3 is 5.97 Å². The fraction of sp³-hybridized carbons (Fsp3) is 0.304. The number of fused-ring (bicyclic) bond motifs is 1. The highest BCUT2D eigenvalue weighted by Gasteiger charge is 2.18. The largest absolute Gasteiger partial charge is 0.486 e. The fourth-order valence-corrected chi connectivity index (χ4v) is 3.20. The number of hydrogen-bond donors (Lipinski definition) is 1. The monoisotopic (exact) mass is 395 g/mol. The van der Waals surface area contributed by atoms with Crippen molar-refractivity contribution in [3.8, 4) is 11.5 Å². The molecule has 1 N–H and O–H groups in total. The number of nitrogens with one attached hydrogen (secondary N) is 1. The van der Waals surface area contributed by atoms with Crippen LogP contribution in [0.3, 0.4) is 0 Å². The third kappa shape index (κ3) is 5.16. The van der Waals surface area contributed by atoms with E-state index in [1.165, 1.54) is 6.08 Å². The van der Waals surface area contributed by atoms with Crippen LogP contribution in [0.15, 0.2) is 36.4 Å². The van der Waals surface area contributed by atoms with Crippen molar-refractivity contribution in [2.24, 2.45) is 0 Å². The molecule has 6 nitrogen and oxygen atoms in total. The lowest BCUT2D eigenvalue weighted by Crippen LogP contribution is -2.30. The van der Waals surface area contributed by atoms with Gasteiger partial charge in [-0.05, 0) is 62.6 Å². The van der Waals surface area contributed by atoms with Crippen LogP contribution in [0, 0.1) is 20.8 Å². The van der Waals surface area contributed by atoms with Crippen LogP contribution in [0.1, 0.15) is 29.2 Å². The predicted molar refractivity (Wildman–Crippen MR) is 111 cm³/mol. The van der Waals surface area contributed by atoms with Crippen molar-refractivity contribution in [1.82, 2.24) is 0 Å². The van der Waals surface area contributed by atoms with Gasteiger partial charge in [0.15, 0.2) is 17.6 Å². The van der Waals surface area contributed by atoms with Crippen molar-refractivity contribution in [1.29, 1.82) is 0 Å². The van der Waals surface area contributed by atoms with Crippen LogP contribution in [0.5, 0.6) is 11.5 Å². The van der Waals surface area contributed by atoms with Crippen LogP contribution in [-0.4, -0.2) is 31.2 Å². The van der Waals surface area contributed by atoms with Crippen molar-refractivity contribution >= 4 is 23.6 Å². The molecule has 0 radical (unpaired) electrons. The Morgan fingerprint density at radius 3 is 2.38 bits per heavy atom. The SMILES string of the molecule is Cc1cc(C)c(NC(=O)C(C)OC(=O)C=Cc2ccc3c(c2)OCCO3)c(C)c1. The molecule has 29 heavy (non-hydrogen) atoms. The van der Waals surface area contributed by atoms with Gasteiger partial charge in [0.05, 0.1) is 0 Å². The number of anilines is 1. The maximum Gasteiger partial charge on any atom is 0.331 e. The first-order chi connectivity index (χ1) is 13.8. The molecule has 3 rings (SSSR count). The molecule has 0 aromatic heterocycles. The molecular formula is C23H25NO5. The molecule has 1 aliphatic heterocycles. The number of carbonyl (C=O) groups is 2. The summed E-state index contributed by atoms with van der Waals surface area (Å²) in [6.45, 7) is 8.43. The summed E-state index contributed by atoms with van der Waals surface area (Å²) in [5.74, 6) is 0.354. The Morgan fingerprint density at radius 2 is 1.69 bits per heavy atom. The molecule has 0 aliphatic carbocycles. The van der Waals surface area contributed by atoms with Crippen molar-refractivity contribution in [3.05, 3.63) is 58.7 Å². The Kier molecular flexibility index (Phi) is 6.22. The first-order valence-corrected chi connectivity index (χ1v) is 9.50. The van der Waals surface area contributed by atoms with Gasteiger partial charge in [-0.3, -0.25) is 4.79 Å². The Hall–Kier alpha value is -3.28. The summed E-state index contributed by atoms with van der Waals surface area (Å²) in [5.41, 5.74) is 4.58. The van der Waals surface area contributed by atoms with E-state index in [-0.39, 0.29) is 5.91 Å². The number of aryl methyl sites for hydroxylation is 3. The van der Waals surface area contributed by atoms with E-state index in [0.29, 0.717) is 24.7 Å². The van der Waals surface area contributed by atoms with E-state index in [1.807, 2.05) is 39.0 Å². The van der Waals surface area contributed by atoms with Crippen LogP contribution in [-0.2, 0) is 14.3 Å². The molecule has 2 aromatic carbocycles. The topological polar surface area (TPSA) is 73.9 Å². The zero-order valence-electron chi connectivity index (χ0n) is 17.1. The van der Waals surface area contributed by atoms with E-state index in [0.717, 1.165) is 27.9 Å². The predicted octanol–water partition coefficient (Wildman–Crippen LogP) is 3.97. The standard InChI is InChI=1S/C23H25NO5/c1-14-11-15(2)22(16(3)12-14)24-23(26)17(4)29-21(25)8-6-18-5-7-19-20(13-18)28-10-9-27-19/h5-8,11-13,17H,9-10H2,1-4H3,(H,24,26). The van der Waals surface area contributed by atoms with Crippen molar-refractivity contribution in [3.63, 3.8) is 0 Å². The highest BCUT2D eigenvalue weighted by Crippen LogP contribution is 2.31. The summed E-state index contributed by atoms with van der Waals surface area (Å²) < 4.78 is 16.2. The van der Waals surface area contributed by atoms with Crippen LogP contribution < -0.4 is 14.8 Å². The fourth-order valence-electron chi connectivity index (χ4n) is 3.20. The average Bonchev–Trinajstić information content (AvgIpc) is 2.68. The lowest BCUT2D eigenvalue weighted by Gasteiger charge is -2.18. The summed E-state index contributed by atoms with van der Waals surface area (Å²) in [4.78, 5) is 24.5. The Balaban J connectivity index is 1.59. The number of hydrogen-bond acceptors (Lipinski definition) is 5. The maximum atomic E-state index is 12.4. The molecule has 0 fully saturated rings. The van der Waals surface area contributed by atoms with Gasteiger partial charge in [0.1, 0.15) is 13.2 Å². The van der Waals surface area contributed by atoms with E-state index in [4.69, 9.17) is 14.2 Å². The smallest absolute Gasteiger partial charge is 0.331 e. The van der Waals surface area contributed by atoms with Gasteiger partial charge in [-0.15, -0.1) is 0 Å². The highest BCUT2D eigenvalue weighted by atomic mass is 16.6. The van der Waals surface area contributed by atoms with E-state index in [2.05, 4.69) is 5.32 Å². The Bertz CT molecular complexity index is 941. The molecule has 0 bridgehead atoms. The zero-order valence-corrected chi connectivity index (χ0v) is 17.1. The van der Waals surface area contributed by atoms with Gasteiger partial charge in [0.2, 0.25) is 0 Å². The first kappa shape index (κ1) is 20.5. The third-order valence-corrected chi connectivity index (χ3v) is 4.57. The minimum atomic E-state index is -0.924. The number of benzene rings is 2. The number of carbonyl (C=O) groups excluding carboxylic acids is 2. The molecule has 0 saturated carbocycles. The van der Waals surface area contributed by atoms with Gasteiger partial charge in [0, 0.05) is 11.8 Å². The second kappa shape index (κ2) is 8.82. The number of esters is 1. The molecule has 1 heterocycles. The summed E-state index contributed by atoms with van der Waals surface area (Å²) in [7, 11) is 0. The zero-order chi connectivity index (χ0) is 21.0. The van der Waals surface area contributed by atoms with Crippen LogP contribution in [0.25, 0.3) is 6.08 Å². The van der Waals surface area contributed by atoms with E-state index >= 15 is 0 Å². The highest BCUT2D eigenvalue weighted by molar-refractivity contribution is 5.97. The second-order valence-corrected chi connectivity index (χ2v) is 7.08. The molecule has 1 amide bonds. The van der Waals surface area contributed by atoms with Crippen LogP contribution in [0.2, 0.25) is 0 Å². The third-order valence-electron chi connectivity index (χ3n) is 4.57. The Morgan fingerprint density at radius 1 is 1.03 bits per heavy atom. The van der Waals surface area contributed by atoms with Gasteiger partial charge in [-0.2, -0.15) is 0 Å². The summed E-state index contributed by atoms with van der Waals surface area (Å²) in [6.07, 6.45) is 1.98. The van der Waals surface area contributed by atoms with E-state index < -0.39 is 12.1 Å². The quantitative estimate of drug-likeness (QED) is 0.613. The summed E-state index contributed by atoms with van der Waals surface area (Å²) in [5, 5.41) is 2.85. The maximum absolute atomic E-state index is 12.4. The van der Waals surface area contributed by atoms with Crippen molar-refractivity contribution in [2.45, 2.75) is 33.8 Å². The van der Waals surface area contributed by atoms with Crippen LogP contribution in [0.4, 0.5) is 5.69 Å². The second-order valence-electron chi connectivity index (χ2n) is 7.08. The molecule has 0 spiro atoms. The number of amides is 1. The van der Waals surface area contributed by atoms with Gasteiger partial charge < -0.3 is 19.5 Å². The first-order valence-electron chi connectivity index (χ1n) is 9.50. The van der Waals surface area contributed by atoms with E-state index in [9.17, 15) is 9.59 Å². The molecule has 152 valence electrons. The van der Waals surface area contributed by atoms with Crippen LogP contribution >= 0.6 is 0 Å². The lowest BCUT2D eigenvalue weighted by molar-refractivity contribution is -0.148. The van der Waals surface area contributed by atoms with Crippen molar-refractivity contribution < 1.29 is 23.8 Å². The molecule has 1 unspecified atom stereocenters. The normalized spacial score (nSPS) is 13.8. The number of ether oxygens (including phenoxy) is 3. The minimum Gasteiger partial charge on any atom is -0.486 e. The Labute approximate surface area is 170 Å². The molecule has 6 heteroatoms. The van der Waals surface area contributed by atoms with E-state index in [1.54, 1.807) is 25.1 Å². The molecule has 0 saturated heterocycles. The molecular weight excluding hydrogens is 370 g/mol. The average molecular weight is 395 g/mol. The molecule has 1 atom stereocenters. The minimum absolute atomic E-state index is 0.374. The molecule has 2 aromatic rings. The molecule has 1 aliphatic rings. The summed E-state index contributed by atoms with van der Waals surface area (Å²) >= 11 is 0. The van der Waals surface area contributed by atoms with Gasteiger partial charge in [-0.25, -0.2) is 4.79 Å². The van der Waals surface area contributed by atoms with Gasteiger partial charge in [0.25, 0.3) is 5.91 Å². The van der Waals surface area contributed by atoms with Crippen molar-refractivity contribution in [2.75, 3.05) is 18.5 Å². The lowest BCUT2D eigenvalue weighted by atomic mass is 10.0. The summed E-state index contributed by atoms with van der Waals surface area (Å²) in [6, 6.07) is 9.39.